The highest BCUT2D eigenvalue weighted by molar-refractivity contribution is 6.33. The van der Waals surface area contributed by atoms with Crippen molar-refractivity contribution in [2.24, 2.45) is 5.73 Å². The maximum Gasteiger partial charge on any atom is 0.417 e. The summed E-state index contributed by atoms with van der Waals surface area (Å²) in [6, 6.07) is 4.76. The molecule has 0 amide bonds. The van der Waals surface area contributed by atoms with Crippen LogP contribution >= 0.6 is 11.6 Å². The summed E-state index contributed by atoms with van der Waals surface area (Å²) in [6.07, 6.45) is -6.61. The van der Waals surface area contributed by atoms with Crippen LogP contribution in [0.4, 0.5) is 19.0 Å². The number of nitrogens with two attached hydrogens (primary N) is 1. The zero-order chi connectivity index (χ0) is 29.1. The Morgan fingerprint density at radius 2 is 1.92 bits per heavy atom. The third-order valence-corrected chi connectivity index (χ3v) is 6.91. The molecule has 1 fully saturated rings. The Labute approximate surface area is 229 Å². The number of carbonyl (C=O) groups excluding carboxylic acids is 1. The second kappa shape index (κ2) is 12.1. The van der Waals surface area contributed by atoms with Crippen molar-refractivity contribution in [1.82, 2.24) is 15.3 Å². The minimum atomic E-state index is -4.76. The summed E-state index contributed by atoms with van der Waals surface area (Å²) in [7, 11) is 1.70. The number of piperidine rings is 1. The molecule has 1 saturated heterocycles. The zero-order valence-corrected chi connectivity index (χ0v) is 22.9. The molecule has 0 aliphatic carbocycles. The average Bonchev–Trinajstić information content (AvgIpc) is 2.84. The van der Waals surface area contributed by atoms with Crippen LogP contribution in [0.5, 0.6) is 5.75 Å². The van der Waals surface area contributed by atoms with Crippen molar-refractivity contribution < 1.29 is 32.9 Å². The monoisotopic (exact) mass is 571 g/mol. The maximum atomic E-state index is 13.4. The Bertz CT molecular complexity index is 1240. The number of nitrogens with one attached hydrogen (secondary N) is 1. The quantitative estimate of drug-likeness (QED) is 0.335. The first-order valence-electron chi connectivity index (χ1n) is 12.3. The van der Waals surface area contributed by atoms with E-state index in [9.17, 15) is 28.2 Å². The summed E-state index contributed by atoms with van der Waals surface area (Å²) in [4.78, 5) is 23.4. The molecule has 1 aliphatic heterocycles. The number of Topliss-reactive ketones (excluding diaryl/α,β-unsaturated/α-hetero) is 1. The molecule has 13 heteroatoms. The number of aliphatic hydroxyl groups excluding tert-OH is 1. The van der Waals surface area contributed by atoms with Crippen LogP contribution in [0.1, 0.15) is 37.9 Å². The number of hydrogen-bond donors (Lipinski definition) is 4. The highest BCUT2D eigenvalue weighted by atomic mass is 35.5. The fourth-order valence-corrected chi connectivity index (χ4v) is 4.63. The van der Waals surface area contributed by atoms with Gasteiger partial charge in [-0.15, -0.1) is 0 Å². The first kappa shape index (κ1) is 30.6. The lowest BCUT2D eigenvalue weighted by molar-refractivity contribution is -0.266. The summed E-state index contributed by atoms with van der Waals surface area (Å²) in [5.74, 6) is 0.433. The number of aromatic nitrogens is 2. The molecule has 0 unspecified atom stereocenters. The standard InChI is InChI=1S/C26H33ClF3N5O4/c1-14-22(21(15(2)31)16(3)36)33-23(19-11-18(5-6-20(19)27)39-13-17(37)12-32-4)34-24(14)35-9-7-25(38,8-10-35)26(28,29)30/h5-6,11,17,32,37-38H,7-10,12-13,31H2,1-4H3/t17-/m1/s1. The lowest BCUT2D eigenvalue weighted by Gasteiger charge is -2.40. The van der Waals surface area contributed by atoms with Gasteiger partial charge in [0.1, 0.15) is 24.3 Å². The van der Waals surface area contributed by atoms with Gasteiger partial charge in [-0.3, -0.25) is 4.79 Å². The molecule has 0 radical (unpaired) electrons. The second-order valence-corrected chi connectivity index (χ2v) is 10.0. The smallest absolute Gasteiger partial charge is 0.417 e. The van der Waals surface area contributed by atoms with E-state index in [-0.39, 0.29) is 53.3 Å². The Balaban J connectivity index is 2.11. The van der Waals surface area contributed by atoms with Crippen LogP contribution in [0.15, 0.2) is 23.9 Å². The van der Waals surface area contributed by atoms with Crippen molar-refractivity contribution in [3.05, 3.63) is 40.2 Å². The Kier molecular flexibility index (Phi) is 9.47. The number of ketones is 1. The number of nitrogens with zero attached hydrogens (tertiary/aromatic N) is 3. The Morgan fingerprint density at radius 1 is 1.28 bits per heavy atom. The van der Waals surface area contributed by atoms with E-state index in [1.165, 1.54) is 6.92 Å². The number of alkyl halides is 3. The van der Waals surface area contributed by atoms with Gasteiger partial charge in [-0.2, -0.15) is 13.2 Å². The van der Waals surface area contributed by atoms with Gasteiger partial charge in [0.15, 0.2) is 17.2 Å². The number of rotatable bonds is 9. The van der Waals surface area contributed by atoms with Gasteiger partial charge in [-0.05, 0) is 46.0 Å². The molecular formula is C26H33ClF3N5O4. The summed E-state index contributed by atoms with van der Waals surface area (Å²) in [5, 5.41) is 23.2. The second-order valence-electron chi connectivity index (χ2n) is 9.64. The third kappa shape index (κ3) is 6.81. The van der Waals surface area contributed by atoms with E-state index in [0.717, 1.165) is 0 Å². The Morgan fingerprint density at radius 3 is 2.46 bits per heavy atom. The molecule has 0 saturated carbocycles. The molecule has 1 aromatic carbocycles. The largest absolute Gasteiger partial charge is 0.491 e. The first-order chi connectivity index (χ1) is 18.2. The molecule has 3 rings (SSSR count). The van der Waals surface area contributed by atoms with Crippen molar-refractivity contribution in [2.45, 2.75) is 51.5 Å². The van der Waals surface area contributed by atoms with Crippen LogP contribution in [-0.2, 0) is 4.79 Å². The molecular weight excluding hydrogens is 539 g/mol. The van der Waals surface area contributed by atoms with Crippen LogP contribution < -0.4 is 20.7 Å². The number of ether oxygens (including phenoxy) is 1. The van der Waals surface area contributed by atoms with E-state index in [4.69, 9.17) is 22.1 Å². The highest BCUT2D eigenvalue weighted by Crippen LogP contribution is 2.41. The van der Waals surface area contributed by atoms with Gasteiger partial charge >= 0.3 is 6.18 Å². The van der Waals surface area contributed by atoms with Gasteiger partial charge in [-0.25, -0.2) is 9.97 Å². The third-order valence-electron chi connectivity index (χ3n) is 6.58. The number of likely N-dealkylation sites (N-methyl/N-ethyl adjacent to an activating group) is 1. The van der Waals surface area contributed by atoms with Gasteiger partial charge < -0.3 is 30.9 Å². The average molecular weight is 572 g/mol. The predicted octanol–water partition coefficient (Wildman–Crippen LogP) is 3.24. The fraction of sp³-hybridized carbons (Fsp3) is 0.500. The lowest BCUT2D eigenvalue weighted by Crippen LogP contribution is -2.53. The maximum absolute atomic E-state index is 13.4. The van der Waals surface area contributed by atoms with E-state index in [1.807, 2.05) is 0 Å². The van der Waals surface area contributed by atoms with E-state index in [1.54, 1.807) is 44.0 Å². The molecule has 2 aromatic rings. The van der Waals surface area contributed by atoms with E-state index in [2.05, 4.69) is 15.3 Å². The van der Waals surface area contributed by atoms with Crippen LogP contribution in [0.2, 0.25) is 5.02 Å². The number of hydrogen-bond acceptors (Lipinski definition) is 9. The van der Waals surface area contributed by atoms with E-state index < -0.39 is 30.7 Å². The van der Waals surface area contributed by atoms with Gasteiger partial charge in [0.25, 0.3) is 0 Å². The van der Waals surface area contributed by atoms with Crippen molar-refractivity contribution in [2.75, 3.05) is 38.2 Å². The molecule has 214 valence electrons. The summed E-state index contributed by atoms with van der Waals surface area (Å²) < 4.78 is 45.9. The molecule has 0 bridgehead atoms. The summed E-state index contributed by atoms with van der Waals surface area (Å²) in [6.45, 7) is 4.63. The van der Waals surface area contributed by atoms with Crippen LogP contribution in [0.3, 0.4) is 0 Å². The number of carbonyl (C=O) groups is 1. The van der Waals surface area contributed by atoms with Crippen molar-refractivity contribution in [3.63, 3.8) is 0 Å². The highest BCUT2D eigenvalue weighted by Gasteiger charge is 2.54. The molecule has 1 aromatic heterocycles. The summed E-state index contributed by atoms with van der Waals surface area (Å²) >= 11 is 6.50. The molecule has 9 nitrogen and oxygen atoms in total. The van der Waals surface area contributed by atoms with Crippen molar-refractivity contribution in [1.29, 1.82) is 0 Å². The van der Waals surface area contributed by atoms with Crippen molar-refractivity contribution in [3.8, 4) is 17.1 Å². The van der Waals surface area contributed by atoms with Crippen LogP contribution in [-0.4, -0.2) is 77.1 Å². The molecule has 5 N–H and O–H groups in total. The zero-order valence-electron chi connectivity index (χ0n) is 22.2. The van der Waals surface area contributed by atoms with Crippen LogP contribution in [0, 0.1) is 6.92 Å². The first-order valence-corrected chi connectivity index (χ1v) is 12.7. The van der Waals surface area contributed by atoms with Gasteiger partial charge in [0, 0.05) is 49.3 Å². The minimum absolute atomic E-state index is 0.00660. The number of aliphatic hydroxyl groups is 2. The van der Waals surface area contributed by atoms with Crippen molar-refractivity contribution >= 4 is 28.8 Å². The normalized spacial score (nSPS) is 17.0. The topological polar surface area (TPSA) is 134 Å². The SMILES string of the molecule is CNC[C@@H](O)COc1ccc(Cl)c(-c2nc(C(C(C)=O)=C(C)N)c(C)c(N3CCC(O)(C(F)(F)F)CC3)n2)c1. The molecule has 39 heavy (non-hydrogen) atoms. The molecule has 1 aliphatic rings. The number of anilines is 1. The molecule has 1 atom stereocenters. The van der Waals surface area contributed by atoms with Gasteiger partial charge in [0.05, 0.1) is 16.3 Å². The van der Waals surface area contributed by atoms with E-state index in [0.29, 0.717) is 29.2 Å². The van der Waals surface area contributed by atoms with E-state index >= 15 is 0 Å². The minimum Gasteiger partial charge on any atom is -0.491 e. The fourth-order valence-electron chi connectivity index (χ4n) is 4.43. The lowest BCUT2D eigenvalue weighted by atomic mass is 9.90. The molecule has 0 spiro atoms. The number of halogens is 4. The summed E-state index contributed by atoms with van der Waals surface area (Å²) in [5.41, 5.74) is 4.64. The van der Waals surface area contributed by atoms with Gasteiger partial charge in [-0.1, -0.05) is 11.6 Å². The number of allylic oxidation sites excluding steroid dienone is 2. The Hall–Kier alpha value is -2.93. The van der Waals surface area contributed by atoms with Crippen LogP contribution in [0.25, 0.3) is 17.0 Å². The molecule has 2 heterocycles. The van der Waals surface area contributed by atoms with Gasteiger partial charge in [0.2, 0.25) is 0 Å². The predicted molar refractivity (Wildman–Crippen MR) is 143 cm³/mol. The number of benzene rings is 1.